The molecule has 10 atom stereocenters. The van der Waals surface area contributed by atoms with E-state index in [1.54, 1.807) is 46.0 Å². The first-order chi connectivity index (χ1) is 27.0. The Morgan fingerprint density at radius 2 is 1.89 bits per heavy atom. The molecule has 300 valence electrons. The largest absolute Gasteiger partial charge is 0.455 e. The molecule has 0 radical (unpaired) electrons. The monoisotopic (exact) mass is 834 g/mol. The highest BCUT2D eigenvalue weighted by Gasteiger charge is 2.78. The number of hydrogen-bond donors (Lipinski definition) is 2. The number of aliphatic hydroxyl groups excluding tert-OH is 1. The Balaban J connectivity index is 1.39. The summed E-state index contributed by atoms with van der Waals surface area (Å²) < 4.78 is 20.3. The van der Waals surface area contributed by atoms with Crippen LogP contribution < -0.4 is 5.32 Å². The standard InChI is InChI=1S/C41H51BrN6O8/c1-6-9-19-32(50)43-29(23-54-5)35(26-15-11-10-12-16-26)55-40(53)33-34-38(51)48(31(22-49)25(4)8-3)37(41(34)21-27(42)36(33)56-41)39(52)46(20-7-2)24-47-30-18-14-13-17-28(30)44-45-47/h6-7,10-18,25,27,29,31,33-37,49H,1-2,8-9,19-24H2,3-5H3,(H,43,50)/t25-,27?,29+,31-,33+,34-,35+,36+,37+,41-/m0/s1. The minimum atomic E-state index is -1.44. The molecule has 6 rings (SSSR count). The number of esters is 1. The van der Waals surface area contributed by atoms with Crippen molar-refractivity contribution in [2.75, 3.05) is 26.9 Å². The number of carbonyl (C=O) groups is 4. The average molecular weight is 836 g/mol. The molecule has 1 spiro atoms. The number of ether oxygens (including phenoxy) is 3. The van der Waals surface area contributed by atoms with Crippen LogP contribution in [0, 0.1) is 17.8 Å². The van der Waals surface area contributed by atoms with E-state index < -0.39 is 77.0 Å². The molecule has 1 aromatic heterocycles. The molecule has 2 aromatic carbocycles. The number of amides is 3. The van der Waals surface area contributed by atoms with Crippen molar-refractivity contribution >= 4 is 50.7 Å². The van der Waals surface area contributed by atoms with E-state index >= 15 is 9.59 Å². The molecule has 3 aliphatic heterocycles. The zero-order valence-corrected chi connectivity index (χ0v) is 33.6. The third kappa shape index (κ3) is 7.65. The van der Waals surface area contributed by atoms with Gasteiger partial charge in [-0.25, -0.2) is 4.68 Å². The Kier molecular flexibility index (Phi) is 13.1. The number of nitrogens with zero attached hydrogens (tertiary/aromatic N) is 5. The summed E-state index contributed by atoms with van der Waals surface area (Å²) in [4.78, 5) is 60.6. The van der Waals surface area contributed by atoms with E-state index in [-0.39, 0.29) is 44.5 Å². The van der Waals surface area contributed by atoms with Gasteiger partial charge in [0, 0.05) is 24.9 Å². The highest BCUT2D eigenvalue weighted by molar-refractivity contribution is 9.09. The molecule has 3 saturated heterocycles. The van der Waals surface area contributed by atoms with Crippen LogP contribution in [0.5, 0.6) is 0 Å². The van der Waals surface area contributed by atoms with Crippen LogP contribution in [0.2, 0.25) is 0 Å². The minimum absolute atomic E-state index is 0.00255. The van der Waals surface area contributed by atoms with Crippen molar-refractivity contribution in [1.82, 2.24) is 30.1 Å². The highest BCUT2D eigenvalue weighted by Crippen LogP contribution is 2.61. The van der Waals surface area contributed by atoms with Crippen molar-refractivity contribution in [2.24, 2.45) is 17.8 Å². The summed E-state index contributed by atoms with van der Waals surface area (Å²) in [6.07, 6.45) is 2.97. The molecular weight excluding hydrogens is 784 g/mol. The minimum Gasteiger partial charge on any atom is -0.455 e. The summed E-state index contributed by atoms with van der Waals surface area (Å²) in [6.45, 7) is 11.2. The Morgan fingerprint density at radius 1 is 1.16 bits per heavy atom. The number of alkyl halides is 1. The van der Waals surface area contributed by atoms with E-state index in [0.29, 0.717) is 23.9 Å². The van der Waals surface area contributed by atoms with Gasteiger partial charge < -0.3 is 34.4 Å². The third-order valence-corrected chi connectivity index (χ3v) is 12.3. The van der Waals surface area contributed by atoms with Crippen LogP contribution in [0.4, 0.5) is 0 Å². The quantitative estimate of drug-likeness (QED) is 0.103. The number of methoxy groups -OCH3 is 1. The number of fused-ring (bicyclic) bond motifs is 2. The lowest BCUT2D eigenvalue weighted by Gasteiger charge is -2.40. The van der Waals surface area contributed by atoms with Gasteiger partial charge in [-0.15, -0.1) is 18.3 Å². The number of benzene rings is 2. The zero-order valence-electron chi connectivity index (χ0n) is 32.0. The molecule has 14 nitrogen and oxygen atoms in total. The highest BCUT2D eigenvalue weighted by atomic mass is 79.9. The van der Waals surface area contributed by atoms with E-state index in [2.05, 4.69) is 44.7 Å². The fourth-order valence-corrected chi connectivity index (χ4v) is 9.59. The van der Waals surface area contributed by atoms with Crippen LogP contribution >= 0.6 is 15.9 Å². The predicted molar refractivity (Wildman–Crippen MR) is 211 cm³/mol. The number of allylic oxidation sites excluding steroid dienone is 1. The molecule has 0 aliphatic carbocycles. The van der Waals surface area contributed by atoms with E-state index in [4.69, 9.17) is 14.2 Å². The summed E-state index contributed by atoms with van der Waals surface area (Å²) in [5.41, 5.74) is 0.558. The first-order valence-electron chi connectivity index (χ1n) is 19.1. The van der Waals surface area contributed by atoms with Crippen LogP contribution in [0.1, 0.15) is 51.2 Å². The van der Waals surface area contributed by atoms with Crippen LogP contribution in [0.3, 0.4) is 0 Å². The summed E-state index contributed by atoms with van der Waals surface area (Å²) in [6, 6.07) is 13.7. The van der Waals surface area contributed by atoms with Gasteiger partial charge in [0.15, 0.2) is 0 Å². The number of hydrogen-bond acceptors (Lipinski definition) is 10. The lowest BCUT2D eigenvalue weighted by atomic mass is 9.70. The molecule has 3 fully saturated rings. The van der Waals surface area contributed by atoms with Crippen LogP contribution in [-0.4, -0.2) is 115 Å². The number of halogens is 1. The first-order valence-corrected chi connectivity index (χ1v) is 20.0. The van der Waals surface area contributed by atoms with Crippen molar-refractivity contribution < 1.29 is 38.5 Å². The Labute approximate surface area is 335 Å². The SMILES string of the molecule is C=CCCC(=O)N[C@H](COC)[C@H](OC(=O)[C@H]1[C@@H]2O[C@@]3(CC2Br)[C@@H]1C(=O)N([C@@H](CO)[C@@H](C)CC)[C@@H]3C(=O)N(CC=C)Cn1nnc2ccccc21)c1ccccc1. The van der Waals surface area contributed by atoms with Gasteiger partial charge in [0.05, 0.1) is 48.8 Å². The molecule has 1 unspecified atom stereocenters. The fourth-order valence-electron chi connectivity index (χ4n) is 8.64. The Hall–Kier alpha value is -4.44. The fraction of sp³-hybridized carbons (Fsp3) is 0.512. The molecule has 56 heavy (non-hydrogen) atoms. The summed E-state index contributed by atoms with van der Waals surface area (Å²) in [5, 5.41) is 22.4. The van der Waals surface area contributed by atoms with E-state index in [1.165, 1.54) is 12.0 Å². The second kappa shape index (κ2) is 17.8. The number of nitrogens with one attached hydrogen (secondary N) is 1. The van der Waals surface area contributed by atoms with Crippen LogP contribution in [-0.2, 0) is 40.1 Å². The molecule has 2 N–H and O–H groups in total. The van der Waals surface area contributed by atoms with Crippen LogP contribution in [0.25, 0.3) is 11.0 Å². The van der Waals surface area contributed by atoms with Crippen molar-refractivity contribution in [2.45, 2.75) is 87.0 Å². The number of aliphatic hydroxyl groups is 1. The Bertz CT molecular complexity index is 1910. The summed E-state index contributed by atoms with van der Waals surface area (Å²) in [5.74, 6) is -4.28. The van der Waals surface area contributed by atoms with E-state index in [9.17, 15) is 14.7 Å². The van der Waals surface area contributed by atoms with Gasteiger partial charge in [0.1, 0.15) is 29.9 Å². The number of para-hydroxylation sites is 1. The second-order valence-electron chi connectivity index (χ2n) is 14.8. The Morgan fingerprint density at radius 3 is 2.57 bits per heavy atom. The van der Waals surface area contributed by atoms with E-state index in [0.717, 1.165) is 5.52 Å². The number of aromatic nitrogens is 3. The maximum Gasteiger partial charge on any atom is 0.313 e. The number of rotatable bonds is 19. The zero-order chi connectivity index (χ0) is 40.1. The molecule has 2 bridgehead atoms. The molecule has 0 saturated carbocycles. The lowest BCUT2D eigenvalue weighted by molar-refractivity contribution is -0.164. The molecule has 3 aromatic rings. The molecule has 3 aliphatic rings. The number of likely N-dealkylation sites (tertiary alicyclic amines) is 1. The normalized spacial score (nSPS) is 26.0. The molecular formula is C41H51BrN6O8. The average Bonchev–Trinajstić information content (AvgIpc) is 3.93. The molecule has 4 heterocycles. The van der Waals surface area contributed by atoms with Gasteiger partial charge >= 0.3 is 5.97 Å². The maximum atomic E-state index is 15.2. The van der Waals surface area contributed by atoms with Crippen LogP contribution in [0.15, 0.2) is 79.9 Å². The van der Waals surface area contributed by atoms with Gasteiger partial charge in [-0.1, -0.05) is 96.0 Å². The van der Waals surface area contributed by atoms with Crippen molar-refractivity contribution in [3.63, 3.8) is 0 Å². The van der Waals surface area contributed by atoms with Crippen molar-refractivity contribution in [3.8, 4) is 0 Å². The van der Waals surface area contributed by atoms with Gasteiger partial charge in [0.2, 0.25) is 17.7 Å². The van der Waals surface area contributed by atoms with Gasteiger partial charge in [-0.3, -0.25) is 19.2 Å². The van der Waals surface area contributed by atoms with Gasteiger partial charge in [-0.05, 0) is 36.5 Å². The van der Waals surface area contributed by atoms with Crippen molar-refractivity contribution in [3.05, 3.63) is 85.5 Å². The smallest absolute Gasteiger partial charge is 0.313 e. The molecule has 15 heteroatoms. The van der Waals surface area contributed by atoms with E-state index in [1.807, 2.05) is 44.2 Å². The predicted octanol–water partition coefficient (Wildman–Crippen LogP) is 3.94. The van der Waals surface area contributed by atoms with Crippen molar-refractivity contribution in [1.29, 1.82) is 0 Å². The molecule has 3 amide bonds. The summed E-state index contributed by atoms with van der Waals surface area (Å²) in [7, 11) is 1.49. The lowest BCUT2D eigenvalue weighted by Crippen LogP contribution is -2.60. The number of carbonyl (C=O) groups excluding carboxylic acids is 4. The third-order valence-electron chi connectivity index (χ3n) is 11.5. The topological polar surface area (TPSA) is 165 Å². The summed E-state index contributed by atoms with van der Waals surface area (Å²) >= 11 is 3.75. The maximum absolute atomic E-state index is 15.2. The second-order valence-corrected chi connectivity index (χ2v) is 16.0. The first kappa shape index (κ1) is 41.2. The van der Waals surface area contributed by atoms with Gasteiger partial charge in [0.25, 0.3) is 0 Å². The van der Waals surface area contributed by atoms with Gasteiger partial charge in [-0.2, -0.15) is 0 Å².